The minimum Gasteiger partial charge on any atom is -0.320 e. The molecule has 0 aliphatic rings. The normalized spacial score (nSPS) is 12.1. The quantitative estimate of drug-likeness (QED) is 0.899. The van der Waals surface area contributed by atoms with Gasteiger partial charge < -0.3 is 5.32 Å². The van der Waals surface area contributed by atoms with Gasteiger partial charge in [0.1, 0.15) is 4.90 Å². The van der Waals surface area contributed by atoms with Crippen LogP contribution in [0.4, 0.5) is 5.69 Å². The molecule has 1 aromatic heterocycles. The lowest BCUT2D eigenvalue weighted by molar-refractivity contribution is 0.103. The summed E-state index contributed by atoms with van der Waals surface area (Å²) in [4.78, 5) is 12.7. The number of amides is 1. The number of anilines is 1. The molecule has 0 aliphatic heterocycles. The van der Waals surface area contributed by atoms with Crippen molar-refractivity contribution in [3.8, 4) is 0 Å². The van der Waals surface area contributed by atoms with Gasteiger partial charge in [-0.05, 0) is 44.4 Å². The van der Waals surface area contributed by atoms with Crippen molar-refractivity contribution in [1.82, 2.24) is 4.72 Å². The van der Waals surface area contributed by atoms with Gasteiger partial charge in [0, 0.05) is 5.54 Å². The first kappa shape index (κ1) is 16.7. The summed E-state index contributed by atoms with van der Waals surface area (Å²) in [6.07, 6.45) is 0. The highest BCUT2D eigenvalue weighted by Gasteiger charge is 2.25. The van der Waals surface area contributed by atoms with Crippen molar-refractivity contribution in [3.05, 3.63) is 46.7 Å². The fourth-order valence-electron chi connectivity index (χ4n) is 1.85. The van der Waals surface area contributed by atoms with Gasteiger partial charge in [-0.1, -0.05) is 18.2 Å². The van der Waals surface area contributed by atoms with Crippen LogP contribution < -0.4 is 10.0 Å². The average molecular weight is 338 g/mol. The smallest absolute Gasteiger partial charge is 0.265 e. The number of benzene rings is 1. The molecule has 0 unspecified atom stereocenters. The monoisotopic (exact) mass is 338 g/mol. The lowest BCUT2D eigenvalue weighted by atomic mass is 10.1. The second-order valence-electron chi connectivity index (χ2n) is 5.78. The molecular formula is C15H18N2O3S2. The van der Waals surface area contributed by atoms with Gasteiger partial charge in [-0.25, -0.2) is 13.1 Å². The summed E-state index contributed by atoms with van der Waals surface area (Å²) in [5.74, 6) is -0.326. The molecule has 0 aliphatic carbocycles. The standard InChI is InChI=1S/C15H18N2O3S2/c1-15(2,3)17-22(19,20)13-9-5-4-7-11(13)16-14(18)12-8-6-10-21-12/h4-10,17H,1-3H3,(H,16,18). The molecule has 2 N–H and O–H groups in total. The highest BCUT2D eigenvalue weighted by molar-refractivity contribution is 7.89. The van der Waals surface area contributed by atoms with E-state index < -0.39 is 15.6 Å². The summed E-state index contributed by atoms with van der Waals surface area (Å²) in [5.41, 5.74) is -0.346. The summed E-state index contributed by atoms with van der Waals surface area (Å²) < 4.78 is 27.5. The van der Waals surface area contributed by atoms with Crippen molar-refractivity contribution in [2.45, 2.75) is 31.2 Å². The maximum Gasteiger partial charge on any atom is 0.265 e. The molecular weight excluding hydrogens is 320 g/mol. The Balaban J connectivity index is 2.33. The second-order valence-corrected chi connectivity index (χ2v) is 8.38. The number of para-hydroxylation sites is 1. The summed E-state index contributed by atoms with van der Waals surface area (Å²) in [5, 5.41) is 4.45. The Morgan fingerprint density at radius 2 is 1.77 bits per heavy atom. The summed E-state index contributed by atoms with van der Waals surface area (Å²) in [6.45, 7) is 5.28. The van der Waals surface area contributed by atoms with E-state index in [0.29, 0.717) is 4.88 Å². The van der Waals surface area contributed by atoms with Crippen LogP contribution in [0.25, 0.3) is 0 Å². The number of thiophene rings is 1. The molecule has 1 aromatic carbocycles. The van der Waals surface area contributed by atoms with Crippen LogP contribution >= 0.6 is 11.3 Å². The molecule has 118 valence electrons. The van der Waals surface area contributed by atoms with Crippen molar-refractivity contribution in [2.24, 2.45) is 0 Å². The number of hydrogen-bond donors (Lipinski definition) is 2. The second kappa shape index (κ2) is 6.20. The maximum atomic E-state index is 12.5. The molecule has 2 aromatic rings. The highest BCUT2D eigenvalue weighted by Crippen LogP contribution is 2.23. The maximum absolute atomic E-state index is 12.5. The molecule has 0 atom stereocenters. The van der Waals surface area contributed by atoms with Crippen LogP contribution in [0.1, 0.15) is 30.4 Å². The van der Waals surface area contributed by atoms with E-state index >= 15 is 0 Å². The van der Waals surface area contributed by atoms with Gasteiger partial charge in [-0.3, -0.25) is 4.79 Å². The van der Waals surface area contributed by atoms with E-state index in [1.165, 1.54) is 17.4 Å². The van der Waals surface area contributed by atoms with Crippen molar-refractivity contribution >= 4 is 33.0 Å². The zero-order valence-corrected chi connectivity index (χ0v) is 14.2. The van der Waals surface area contributed by atoms with Gasteiger partial charge in [-0.15, -0.1) is 11.3 Å². The number of nitrogens with one attached hydrogen (secondary N) is 2. The predicted octanol–water partition coefficient (Wildman–Crippen LogP) is 3.08. The predicted molar refractivity (Wildman–Crippen MR) is 88.8 cm³/mol. The van der Waals surface area contributed by atoms with Crippen molar-refractivity contribution in [1.29, 1.82) is 0 Å². The topological polar surface area (TPSA) is 75.3 Å². The lowest BCUT2D eigenvalue weighted by Gasteiger charge is -2.21. The molecule has 22 heavy (non-hydrogen) atoms. The molecule has 0 saturated heterocycles. The Hall–Kier alpha value is -1.70. The van der Waals surface area contributed by atoms with E-state index in [9.17, 15) is 13.2 Å². The third kappa shape index (κ3) is 4.16. The highest BCUT2D eigenvalue weighted by atomic mass is 32.2. The number of carbonyl (C=O) groups excluding carboxylic acids is 1. The van der Waals surface area contributed by atoms with E-state index in [4.69, 9.17) is 0 Å². The summed E-state index contributed by atoms with van der Waals surface area (Å²) in [7, 11) is -3.72. The minimum atomic E-state index is -3.72. The third-order valence-electron chi connectivity index (χ3n) is 2.61. The fraction of sp³-hybridized carbons (Fsp3) is 0.267. The first-order chi connectivity index (χ1) is 10.2. The molecule has 0 fully saturated rings. The first-order valence-corrected chi connectivity index (χ1v) is 9.03. The van der Waals surface area contributed by atoms with Gasteiger partial charge in [0.15, 0.2) is 0 Å². The Morgan fingerprint density at radius 3 is 2.36 bits per heavy atom. The molecule has 1 amide bonds. The van der Waals surface area contributed by atoms with Crippen LogP contribution in [0, 0.1) is 0 Å². The first-order valence-electron chi connectivity index (χ1n) is 6.67. The molecule has 0 radical (unpaired) electrons. The number of sulfonamides is 1. The Bertz CT molecular complexity index is 760. The molecule has 0 spiro atoms. The lowest BCUT2D eigenvalue weighted by Crippen LogP contribution is -2.40. The average Bonchev–Trinajstić information content (AvgIpc) is 2.90. The van der Waals surface area contributed by atoms with E-state index in [-0.39, 0.29) is 16.5 Å². The van der Waals surface area contributed by atoms with E-state index in [1.54, 1.807) is 56.5 Å². The number of rotatable bonds is 4. The Labute approximate surface area is 134 Å². The van der Waals surface area contributed by atoms with Gasteiger partial charge in [-0.2, -0.15) is 0 Å². The Kier molecular flexibility index (Phi) is 4.69. The largest absolute Gasteiger partial charge is 0.320 e. The molecule has 1 heterocycles. The van der Waals surface area contributed by atoms with Gasteiger partial charge in [0.2, 0.25) is 10.0 Å². The zero-order chi connectivity index (χ0) is 16.4. The van der Waals surface area contributed by atoms with Crippen LogP contribution in [0.15, 0.2) is 46.7 Å². The van der Waals surface area contributed by atoms with Crippen molar-refractivity contribution in [3.63, 3.8) is 0 Å². The molecule has 0 bridgehead atoms. The van der Waals surface area contributed by atoms with Gasteiger partial charge in [0.05, 0.1) is 10.6 Å². The van der Waals surface area contributed by atoms with Crippen molar-refractivity contribution < 1.29 is 13.2 Å². The van der Waals surface area contributed by atoms with Crippen LogP contribution in [0.2, 0.25) is 0 Å². The number of hydrogen-bond acceptors (Lipinski definition) is 4. The van der Waals surface area contributed by atoms with Crippen LogP contribution in [-0.4, -0.2) is 19.9 Å². The van der Waals surface area contributed by atoms with Crippen LogP contribution in [-0.2, 0) is 10.0 Å². The molecule has 7 heteroatoms. The van der Waals surface area contributed by atoms with Crippen molar-refractivity contribution in [2.75, 3.05) is 5.32 Å². The number of carbonyl (C=O) groups is 1. The minimum absolute atomic E-state index is 0.0508. The SMILES string of the molecule is CC(C)(C)NS(=O)(=O)c1ccccc1NC(=O)c1cccs1. The van der Waals surface area contributed by atoms with E-state index in [0.717, 1.165) is 0 Å². The fourth-order valence-corrected chi connectivity index (χ4v) is 4.06. The van der Waals surface area contributed by atoms with Crippen LogP contribution in [0.5, 0.6) is 0 Å². The molecule has 2 rings (SSSR count). The van der Waals surface area contributed by atoms with E-state index in [2.05, 4.69) is 10.0 Å². The summed E-state index contributed by atoms with van der Waals surface area (Å²) >= 11 is 1.30. The zero-order valence-electron chi connectivity index (χ0n) is 12.6. The molecule has 0 saturated carbocycles. The van der Waals surface area contributed by atoms with E-state index in [1.807, 2.05) is 0 Å². The molecule has 5 nitrogen and oxygen atoms in total. The Morgan fingerprint density at radius 1 is 1.09 bits per heavy atom. The van der Waals surface area contributed by atoms with Crippen LogP contribution in [0.3, 0.4) is 0 Å². The van der Waals surface area contributed by atoms with Gasteiger partial charge in [0.25, 0.3) is 5.91 Å². The summed E-state index contributed by atoms with van der Waals surface area (Å²) in [6, 6.07) is 9.80. The third-order valence-corrected chi connectivity index (χ3v) is 5.30. The van der Waals surface area contributed by atoms with Gasteiger partial charge >= 0.3 is 0 Å².